The van der Waals surface area contributed by atoms with E-state index in [-0.39, 0.29) is 12.0 Å². The van der Waals surface area contributed by atoms with Gasteiger partial charge in [-0.25, -0.2) is 0 Å². The lowest BCUT2D eigenvalue weighted by Gasteiger charge is -2.11. The standard InChI is InChI=1S/C14H18N4O2S2/c19-12(15-9-10-3-1-7-20-10)5-6-18-13(16-17-14(18)21)11-4-2-8-22-11/h2,4,8,10H,1,3,5-7,9H2,(H,15,19)(H,17,21). The molecule has 0 saturated carbocycles. The number of amides is 1. The SMILES string of the molecule is O=C(CCn1c(-c2cccs2)n[nH]c1=S)NCC1CCCO1. The molecule has 3 rings (SSSR count). The van der Waals surface area contributed by atoms with Gasteiger partial charge in [0, 0.05) is 26.1 Å². The lowest BCUT2D eigenvalue weighted by molar-refractivity contribution is -0.121. The molecule has 8 heteroatoms. The summed E-state index contributed by atoms with van der Waals surface area (Å²) >= 11 is 6.85. The molecule has 2 aromatic heterocycles. The zero-order valence-corrected chi connectivity index (χ0v) is 13.7. The fourth-order valence-electron chi connectivity index (χ4n) is 2.45. The van der Waals surface area contributed by atoms with Gasteiger partial charge in [-0.05, 0) is 36.5 Å². The zero-order chi connectivity index (χ0) is 15.4. The molecule has 118 valence electrons. The van der Waals surface area contributed by atoms with Crippen molar-refractivity contribution in [2.24, 2.45) is 0 Å². The molecule has 1 atom stereocenters. The Hall–Kier alpha value is -1.51. The number of hydrogen-bond acceptors (Lipinski definition) is 5. The summed E-state index contributed by atoms with van der Waals surface area (Å²) in [7, 11) is 0. The summed E-state index contributed by atoms with van der Waals surface area (Å²) in [6, 6.07) is 3.96. The molecule has 0 spiro atoms. The Balaban J connectivity index is 1.56. The Morgan fingerprint density at radius 2 is 2.55 bits per heavy atom. The smallest absolute Gasteiger partial charge is 0.221 e. The van der Waals surface area contributed by atoms with Crippen LogP contribution in [0.4, 0.5) is 0 Å². The maximum absolute atomic E-state index is 12.0. The van der Waals surface area contributed by atoms with Crippen LogP contribution in [0.2, 0.25) is 0 Å². The molecule has 0 aromatic carbocycles. The molecule has 6 nitrogen and oxygen atoms in total. The van der Waals surface area contributed by atoms with Crippen LogP contribution in [0, 0.1) is 4.77 Å². The third-order valence-corrected chi connectivity index (χ3v) is 4.79. The Morgan fingerprint density at radius 1 is 1.64 bits per heavy atom. The van der Waals surface area contributed by atoms with Crippen molar-refractivity contribution in [3.05, 3.63) is 22.3 Å². The number of aromatic nitrogens is 3. The molecule has 0 bridgehead atoms. The van der Waals surface area contributed by atoms with Crippen LogP contribution in [0.3, 0.4) is 0 Å². The molecular formula is C14H18N4O2S2. The predicted octanol–water partition coefficient (Wildman–Crippen LogP) is 2.35. The number of hydrogen-bond donors (Lipinski definition) is 2. The van der Waals surface area contributed by atoms with Crippen LogP contribution in [0.5, 0.6) is 0 Å². The Kier molecular flexibility index (Phi) is 5.01. The van der Waals surface area contributed by atoms with E-state index in [1.807, 2.05) is 22.1 Å². The first-order chi connectivity index (χ1) is 10.7. The van der Waals surface area contributed by atoms with E-state index in [2.05, 4.69) is 15.5 Å². The molecule has 22 heavy (non-hydrogen) atoms. The van der Waals surface area contributed by atoms with Gasteiger partial charge in [0.05, 0.1) is 11.0 Å². The van der Waals surface area contributed by atoms with Crippen molar-refractivity contribution in [3.8, 4) is 10.7 Å². The lowest BCUT2D eigenvalue weighted by Crippen LogP contribution is -2.32. The van der Waals surface area contributed by atoms with Gasteiger partial charge in [0.25, 0.3) is 0 Å². The summed E-state index contributed by atoms with van der Waals surface area (Å²) in [5.74, 6) is 0.794. The molecule has 2 N–H and O–H groups in total. The first kappa shape index (κ1) is 15.4. The van der Waals surface area contributed by atoms with E-state index in [0.717, 1.165) is 30.2 Å². The van der Waals surface area contributed by atoms with Crippen LogP contribution in [-0.2, 0) is 16.1 Å². The minimum atomic E-state index is 0.00993. The van der Waals surface area contributed by atoms with Crippen molar-refractivity contribution in [2.75, 3.05) is 13.2 Å². The van der Waals surface area contributed by atoms with Gasteiger partial charge < -0.3 is 10.1 Å². The average Bonchev–Trinajstić information content (AvgIpc) is 3.25. The van der Waals surface area contributed by atoms with Crippen molar-refractivity contribution in [3.63, 3.8) is 0 Å². The largest absolute Gasteiger partial charge is 0.376 e. The number of nitrogens with zero attached hydrogens (tertiary/aromatic N) is 2. The van der Waals surface area contributed by atoms with Gasteiger partial charge in [0.1, 0.15) is 0 Å². The lowest BCUT2D eigenvalue weighted by atomic mass is 10.2. The molecule has 1 saturated heterocycles. The molecule has 2 aromatic rings. The van der Waals surface area contributed by atoms with Crippen molar-refractivity contribution in [2.45, 2.75) is 31.9 Å². The number of carbonyl (C=O) groups excluding carboxylic acids is 1. The third kappa shape index (κ3) is 3.63. The average molecular weight is 338 g/mol. The summed E-state index contributed by atoms with van der Waals surface area (Å²) in [6.07, 6.45) is 2.64. The minimum Gasteiger partial charge on any atom is -0.376 e. The quantitative estimate of drug-likeness (QED) is 0.793. The second kappa shape index (κ2) is 7.17. The van der Waals surface area contributed by atoms with E-state index in [4.69, 9.17) is 17.0 Å². The summed E-state index contributed by atoms with van der Waals surface area (Å²) < 4.78 is 7.90. The van der Waals surface area contributed by atoms with Crippen LogP contribution in [0.15, 0.2) is 17.5 Å². The number of thiophene rings is 1. The van der Waals surface area contributed by atoms with Crippen molar-refractivity contribution < 1.29 is 9.53 Å². The third-order valence-electron chi connectivity index (χ3n) is 3.61. The van der Waals surface area contributed by atoms with Gasteiger partial charge >= 0.3 is 0 Å². The Bertz CT molecular complexity index is 671. The Morgan fingerprint density at radius 3 is 3.27 bits per heavy atom. The first-order valence-electron chi connectivity index (χ1n) is 7.31. The van der Waals surface area contributed by atoms with Gasteiger partial charge in [-0.2, -0.15) is 5.10 Å². The maximum Gasteiger partial charge on any atom is 0.221 e. The monoisotopic (exact) mass is 338 g/mol. The maximum atomic E-state index is 12.0. The Labute approximate surface area is 137 Å². The molecule has 1 unspecified atom stereocenters. The van der Waals surface area contributed by atoms with Crippen LogP contribution < -0.4 is 5.32 Å². The van der Waals surface area contributed by atoms with Crippen molar-refractivity contribution in [1.29, 1.82) is 0 Å². The van der Waals surface area contributed by atoms with Gasteiger partial charge in [0.2, 0.25) is 5.91 Å². The van der Waals surface area contributed by atoms with Gasteiger partial charge in [0.15, 0.2) is 10.6 Å². The van der Waals surface area contributed by atoms with Crippen LogP contribution in [0.25, 0.3) is 10.7 Å². The van der Waals surface area contributed by atoms with E-state index in [9.17, 15) is 4.79 Å². The van der Waals surface area contributed by atoms with Gasteiger partial charge in [-0.1, -0.05) is 6.07 Å². The van der Waals surface area contributed by atoms with Crippen molar-refractivity contribution >= 4 is 29.5 Å². The number of rotatable bonds is 6. The molecule has 1 aliphatic rings. The molecule has 1 fully saturated rings. The van der Waals surface area contributed by atoms with Crippen LogP contribution in [0.1, 0.15) is 19.3 Å². The van der Waals surface area contributed by atoms with Crippen LogP contribution >= 0.6 is 23.6 Å². The van der Waals surface area contributed by atoms with E-state index < -0.39 is 0 Å². The number of aromatic amines is 1. The molecule has 1 amide bonds. The fraction of sp³-hybridized carbons (Fsp3) is 0.500. The molecule has 0 aliphatic carbocycles. The van der Waals surface area contributed by atoms with Crippen molar-refractivity contribution in [1.82, 2.24) is 20.1 Å². The molecule has 0 radical (unpaired) electrons. The zero-order valence-electron chi connectivity index (χ0n) is 12.1. The molecule has 1 aliphatic heterocycles. The fourth-order valence-corrected chi connectivity index (χ4v) is 3.40. The van der Waals surface area contributed by atoms with E-state index in [0.29, 0.717) is 24.3 Å². The second-order valence-electron chi connectivity index (χ2n) is 5.17. The predicted molar refractivity (Wildman–Crippen MR) is 87.3 cm³/mol. The normalized spacial score (nSPS) is 17.7. The number of nitrogens with one attached hydrogen (secondary N) is 2. The highest BCUT2D eigenvalue weighted by atomic mass is 32.1. The van der Waals surface area contributed by atoms with Gasteiger partial charge in [-0.15, -0.1) is 11.3 Å². The number of carbonyl (C=O) groups is 1. The van der Waals surface area contributed by atoms with Gasteiger partial charge in [-0.3, -0.25) is 14.5 Å². The topological polar surface area (TPSA) is 71.9 Å². The molecular weight excluding hydrogens is 320 g/mol. The van der Waals surface area contributed by atoms with E-state index in [1.54, 1.807) is 11.3 Å². The van der Waals surface area contributed by atoms with E-state index in [1.165, 1.54) is 0 Å². The summed E-state index contributed by atoms with van der Waals surface area (Å²) in [5, 5.41) is 12.0. The summed E-state index contributed by atoms with van der Waals surface area (Å²) in [4.78, 5) is 13.0. The highest BCUT2D eigenvalue weighted by Crippen LogP contribution is 2.22. The highest BCUT2D eigenvalue weighted by molar-refractivity contribution is 7.71. The first-order valence-corrected chi connectivity index (χ1v) is 8.60. The summed E-state index contributed by atoms with van der Waals surface area (Å²) in [5.41, 5.74) is 0. The molecule has 3 heterocycles. The number of H-pyrrole nitrogens is 1. The second-order valence-corrected chi connectivity index (χ2v) is 6.50. The van der Waals surface area contributed by atoms with Crippen LogP contribution in [-0.4, -0.2) is 39.9 Å². The number of ether oxygens (including phenoxy) is 1. The minimum absolute atomic E-state index is 0.00993. The van der Waals surface area contributed by atoms with E-state index >= 15 is 0 Å². The summed E-state index contributed by atoms with van der Waals surface area (Å²) in [6.45, 7) is 1.90. The highest BCUT2D eigenvalue weighted by Gasteiger charge is 2.16.